The number of aromatic nitrogens is 1. The van der Waals surface area contributed by atoms with Gasteiger partial charge >= 0.3 is 0 Å². The minimum Gasteiger partial charge on any atom is -0.497 e. The van der Waals surface area contributed by atoms with E-state index >= 15 is 0 Å². The van der Waals surface area contributed by atoms with E-state index in [9.17, 15) is 0 Å². The number of benzene rings is 2. The number of rotatable bonds is 8. The standard InChI is InChI=1S/C23H25NO3/c1-4-5-16-27-22-15-14-21(17-6-10-19(25-2)11-7-17)23(24-22)18-8-12-20(26-3)13-9-18/h6-15H,4-5,16H2,1-3H3. The van der Waals surface area contributed by atoms with Crippen LogP contribution in [0.5, 0.6) is 17.4 Å². The van der Waals surface area contributed by atoms with E-state index in [1.807, 2.05) is 54.6 Å². The van der Waals surface area contributed by atoms with Gasteiger partial charge in [-0.05, 0) is 54.4 Å². The van der Waals surface area contributed by atoms with Crippen LogP contribution in [-0.2, 0) is 0 Å². The van der Waals surface area contributed by atoms with Crippen molar-refractivity contribution < 1.29 is 14.2 Å². The molecule has 0 saturated heterocycles. The van der Waals surface area contributed by atoms with Gasteiger partial charge in [0.2, 0.25) is 5.88 Å². The summed E-state index contributed by atoms with van der Waals surface area (Å²) in [5.41, 5.74) is 4.03. The van der Waals surface area contributed by atoms with Crippen LogP contribution in [0.25, 0.3) is 22.4 Å². The average molecular weight is 363 g/mol. The van der Waals surface area contributed by atoms with Gasteiger partial charge in [-0.1, -0.05) is 25.5 Å². The fraction of sp³-hybridized carbons (Fsp3) is 0.261. The lowest BCUT2D eigenvalue weighted by molar-refractivity contribution is 0.298. The minimum atomic E-state index is 0.645. The Morgan fingerprint density at radius 3 is 1.89 bits per heavy atom. The fourth-order valence-corrected chi connectivity index (χ4v) is 2.82. The number of nitrogens with zero attached hydrogens (tertiary/aromatic N) is 1. The van der Waals surface area contributed by atoms with Crippen LogP contribution in [0.2, 0.25) is 0 Å². The van der Waals surface area contributed by atoms with E-state index in [0.29, 0.717) is 12.5 Å². The van der Waals surface area contributed by atoms with E-state index in [4.69, 9.17) is 19.2 Å². The van der Waals surface area contributed by atoms with Crippen LogP contribution in [0.3, 0.4) is 0 Å². The van der Waals surface area contributed by atoms with Gasteiger partial charge in [0.15, 0.2) is 0 Å². The molecule has 0 spiro atoms. The number of pyridine rings is 1. The summed E-state index contributed by atoms with van der Waals surface area (Å²) in [4.78, 5) is 4.79. The SMILES string of the molecule is CCCCOc1ccc(-c2ccc(OC)cc2)c(-c2ccc(OC)cc2)n1. The van der Waals surface area contributed by atoms with Crippen LogP contribution in [0, 0.1) is 0 Å². The molecule has 2 aromatic carbocycles. The Morgan fingerprint density at radius 2 is 1.33 bits per heavy atom. The quantitative estimate of drug-likeness (QED) is 0.488. The smallest absolute Gasteiger partial charge is 0.213 e. The first-order chi connectivity index (χ1) is 13.2. The normalized spacial score (nSPS) is 10.5. The molecule has 3 rings (SSSR count). The Morgan fingerprint density at radius 1 is 0.741 bits per heavy atom. The molecule has 0 bridgehead atoms. The van der Waals surface area contributed by atoms with Gasteiger partial charge in [-0.25, -0.2) is 4.98 Å². The second kappa shape index (κ2) is 9.08. The van der Waals surface area contributed by atoms with Gasteiger partial charge in [0.25, 0.3) is 0 Å². The van der Waals surface area contributed by atoms with E-state index in [-0.39, 0.29) is 0 Å². The molecule has 0 N–H and O–H groups in total. The van der Waals surface area contributed by atoms with E-state index in [1.165, 1.54) is 0 Å². The summed E-state index contributed by atoms with van der Waals surface area (Å²) in [5.74, 6) is 2.30. The predicted molar refractivity (Wildman–Crippen MR) is 109 cm³/mol. The van der Waals surface area contributed by atoms with Crippen molar-refractivity contribution >= 4 is 0 Å². The third-order valence-corrected chi connectivity index (χ3v) is 4.38. The Bertz CT molecular complexity index is 858. The van der Waals surface area contributed by atoms with E-state index in [2.05, 4.69) is 13.0 Å². The molecule has 0 aliphatic heterocycles. The molecule has 0 amide bonds. The first kappa shape index (κ1) is 18.8. The molecule has 0 radical (unpaired) electrons. The van der Waals surface area contributed by atoms with Gasteiger partial charge in [-0.2, -0.15) is 0 Å². The Labute approximate surface area is 160 Å². The van der Waals surface area contributed by atoms with Gasteiger partial charge in [0.1, 0.15) is 11.5 Å². The van der Waals surface area contributed by atoms with Crippen molar-refractivity contribution in [3.05, 3.63) is 60.7 Å². The second-order valence-electron chi connectivity index (χ2n) is 6.20. The maximum Gasteiger partial charge on any atom is 0.213 e. The lowest BCUT2D eigenvalue weighted by Crippen LogP contribution is -2.00. The van der Waals surface area contributed by atoms with Crippen molar-refractivity contribution in [2.24, 2.45) is 0 Å². The molecule has 1 aromatic heterocycles. The third-order valence-electron chi connectivity index (χ3n) is 4.38. The highest BCUT2D eigenvalue weighted by molar-refractivity contribution is 5.81. The van der Waals surface area contributed by atoms with Crippen molar-refractivity contribution in [1.29, 1.82) is 0 Å². The molecule has 27 heavy (non-hydrogen) atoms. The van der Waals surface area contributed by atoms with E-state index in [0.717, 1.165) is 46.7 Å². The Kier molecular flexibility index (Phi) is 6.31. The van der Waals surface area contributed by atoms with Crippen LogP contribution in [0.15, 0.2) is 60.7 Å². The summed E-state index contributed by atoms with van der Waals surface area (Å²) in [6, 6.07) is 19.9. The maximum absolute atomic E-state index is 5.83. The zero-order chi connectivity index (χ0) is 19.1. The van der Waals surface area contributed by atoms with Crippen LogP contribution in [0.1, 0.15) is 19.8 Å². The largest absolute Gasteiger partial charge is 0.497 e. The van der Waals surface area contributed by atoms with E-state index in [1.54, 1.807) is 14.2 Å². The maximum atomic E-state index is 5.83. The van der Waals surface area contributed by atoms with Gasteiger partial charge in [0, 0.05) is 17.2 Å². The first-order valence-electron chi connectivity index (χ1n) is 9.18. The molecule has 0 unspecified atom stereocenters. The summed E-state index contributed by atoms with van der Waals surface area (Å²) in [5, 5.41) is 0. The highest BCUT2D eigenvalue weighted by Crippen LogP contribution is 2.34. The molecule has 1 heterocycles. The number of ether oxygens (including phenoxy) is 3. The van der Waals surface area contributed by atoms with Gasteiger partial charge in [-0.3, -0.25) is 0 Å². The minimum absolute atomic E-state index is 0.645. The van der Waals surface area contributed by atoms with Gasteiger partial charge < -0.3 is 14.2 Å². The monoisotopic (exact) mass is 363 g/mol. The van der Waals surface area contributed by atoms with Crippen LogP contribution < -0.4 is 14.2 Å². The number of hydrogen-bond acceptors (Lipinski definition) is 4. The zero-order valence-electron chi connectivity index (χ0n) is 16.1. The lowest BCUT2D eigenvalue weighted by Gasteiger charge is -2.13. The number of methoxy groups -OCH3 is 2. The molecular formula is C23H25NO3. The summed E-state index contributed by atoms with van der Waals surface area (Å²) >= 11 is 0. The topological polar surface area (TPSA) is 40.6 Å². The van der Waals surface area contributed by atoms with E-state index < -0.39 is 0 Å². The van der Waals surface area contributed by atoms with Crippen molar-refractivity contribution in [2.75, 3.05) is 20.8 Å². The van der Waals surface area contributed by atoms with Crippen LogP contribution >= 0.6 is 0 Å². The number of unbranched alkanes of at least 4 members (excludes halogenated alkanes) is 1. The summed E-state index contributed by atoms with van der Waals surface area (Å²) in [6.45, 7) is 2.82. The Hall–Kier alpha value is -3.01. The molecule has 0 fully saturated rings. The molecule has 0 saturated carbocycles. The van der Waals surface area contributed by atoms with Gasteiger partial charge in [0.05, 0.1) is 26.5 Å². The molecule has 0 atom stereocenters. The average Bonchev–Trinajstić information content (AvgIpc) is 2.74. The summed E-state index contributed by atoms with van der Waals surface area (Å²) in [7, 11) is 3.33. The van der Waals surface area contributed by atoms with Crippen molar-refractivity contribution in [1.82, 2.24) is 4.98 Å². The third kappa shape index (κ3) is 4.59. The van der Waals surface area contributed by atoms with Crippen LogP contribution in [0.4, 0.5) is 0 Å². The highest BCUT2D eigenvalue weighted by atomic mass is 16.5. The fourth-order valence-electron chi connectivity index (χ4n) is 2.82. The van der Waals surface area contributed by atoms with Crippen molar-refractivity contribution in [2.45, 2.75) is 19.8 Å². The zero-order valence-corrected chi connectivity index (χ0v) is 16.1. The highest BCUT2D eigenvalue weighted by Gasteiger charge is 2.12. The lowest BCUT2D eigenvalue weighted by atomic mass is 9.99. The summed E-state index contributed by atoms with van der Waals surface area (Å²) < 4.78 is 16.4. The molecule has 140 valence electrons. The van der Waals surface area contributed by atoms with Gasteiger partial charge in [-0.15, -0.1) is 0 Å². The molecule has 4 heteroatoms. The molecule has 4 nitrogen and oxygen atoms in total. The van der Waals surface area contributed by atoms with Crippen molar-refractivity contribution in [3.63, 3.8) is 0 Å². The summed E-state index contributed by atoms with van der Waals surface area (Å²) in [6.07, 6.45) is 2.11. The predicted octanol–water partition coefficient (Wildman–Crippen LogP) is 5.61. The first-order valence-corrected chi connectivity index (χ1v) is 9.18. The molecule has 3 aromatic rings. The second-order valence-corrected chi connectivity index (χ2v) is 6.20. The Balaban J connectivity index is 2.01. The number of hydrogen-bond donors (Lipinski definition) is 0. The van der Waals surface area contributed by atoms with Crippen molar-refractivity contribution in [3.8, 4) is 39.8 Å². The molecule has 0 aliphatic carbocycles. The molecular weight excluding hydrogens is 338 g/mol. The van der Waals surface area contributed by atoms with Crippen LogP contribution in [-0.4, -0.2) is 25.8 Å². The molecule has 0 aliphatic rings.